The van der Waals surface area contributed by atoms with E-state index in [2.05, 4.69) is 5.32 Å². The summed E-state index contributed by atoms with van der Waals surface area (Å²) in [6.45, 7) is 1.46. The van der Waals surface area contributed by atoms with Gasteiger partial charge in [0.1, 0.15) is 0 Å². The van der Waals surface area contributed by atoms with Gasteiger partial charge < -0.3 is 5.32 Å². The second-order valence-corrected chi connectivity index (χ2v) is 4.36. The molecule has 0 bridgehead atoms. The number of hydrogen-bond donors (Lipinski definition) is 1. The highest BCUT2D eigenvalue weighted by molar-refractivity contribution is 5.92. The van der Waals surface area contributed by atoms with Gasteiger partial charge in [-0.3, -0.25) is 4.79 Å². The van der Waals surface area contributed by atoms with Gasteiger partial charge in [0.25, 0.3) is 0 Å². The summed E-state index contributed by atoms with van der Waals surface area (Å²) in [5.41, 5.74) is -2.03. The minimum Gasteiger partial charge on any atom is -0.371 e. The molecule has 1 N–H and O–H groups in total. The van der Waals surface area contributed by atoms with Crippen molar-refractivity contribution in [2.24, 2.45) is 0 Å². The van der Waals surface area contributed by atoms with Crippen molar-refractivity contribution in [3.8, 4) is 0 Å². The highest BCUT2D eigenvalue weighted by Gasteiger charge is 2.58. The number of carbonyl (C=O) groups excluding carboxylic acids is 1. The van der Waals surface area contributed by atoms with Crippen molar-refractivity contribution in [1.82, 2.24) is 5.32 Å². The molecule has 1 aromatic rings. The van der Waals surface area contributed by atoms with E-state index in [0.717, 1.165) is 0 Å². The molecule has 0 aliphatic carbocycles. The predicted molar refractivity (Wildman–Crippen MR) is 60.7 cm³/mol. The number of nitrogens with one attached hydrogen (secondary N) is 1. The molecule has 1 heterocycles. The maximum Gasteiger partial charge on any atom is 0.416 e. The largest absolute Gasteiger partial charge is 0.416 e. The van der Waals surface area contributed by atoms with Gasteiger partial charge in [0.2, 0.25) is 0 Å². The van der Waals surface area contributed by atoms with E-state index in [0.29, 0.717) is 0 Å². The Morgan fingerprint density at radius 3 is 2.33 bits per heavy atom. The maximum absolute atomic E-state index is 13.4. The number of alkyl halides is 3. The summed E-state index contributed by atoms with van der Waals surface area (Å²) >= 11 is 0. The molecule has 1 aliphatic heterocycles. The van der Waals surface area contributed by atoms with Crippen molar-refractivity contribution in [2.75, 3.05) is 0 Å². The van der Waals surface area contributed by atoms with E-state index in [1.54, 1.807) is 6.07 Å². The topological polar surface area (TPSA) is 29.1 Å². The third-order valence-corrected chi connectivity index (χ3v) is 2.98. The average Bonchev–Trinajstić information content (AvgIpc) is 2.27. The van der Waals surface area contributed by atoms with Crippen LogP contribution in [-0.2, 0) is 10.3 Å². The summed E-state index contributed by atoms with van der Waals surface area (Å²) in [7, 11) is 0. The molecule has 0 spiro atoms. The molecule has 0 saturated carbocycles. The first-order valence-electron chi connectivity index (χ1n) is 5.47. The zero-order valence-corrected chi connectivity index (χ0v) is 9.71. The van der Waals surface area contributed by atoms with E-state index in [1.807, 2.05) is 0 Å². The minimum absolute atomic E-state index is 0.0540. The van der Waals surface area contributed by atoms with E-state index in [9.17, 15) is 18.0 Å². The second-order valence-electron chi connectivity index (χ2n) is 4.36. The van der Waals surface area contributed by atoms with Crippen LogP contribution in [0.4, 0.5) is 13.2 Å². The Hall–Kier alpha value is -1.78. The molecule has 96 valence electrons. The van der Waals surface area contributed by atoms with Crippen LogP contribution in [-0.4, -0.2) is 12.0 Å². The molecule has 18 heavy (non-hydrogen) atoms. The van der Waals surface area contributed by atoms with E-state index >= 15 is 0 Å². The molecule has 2 nitrogen and oxygen atoms in total. The van der Waals surface area contributed by atoms with Gasteiger partial charge in [-0.25, -0.2) is 0 Å². The SMILES string of the molecule is CC1=CC(=O)CC(c2ccccc2)(C(F)(F)F)N1. The van der Waals surface area contributed by atoms with Gasteiger partial charge in [0, 0.05) is 12.1 Å². The molecule has 0 radical (unpaired) electrons. The van der Waals surface area contributed by atoms with Crippen LogP contribution in [0.15, 0.2) is 42.1 Å². The second kappa shape index (κ2) is 4.15. The van der Waals surface area contributed by atoms with Crippen LogP contribution in [0.2, 0.25) is 0 Å². The monoisotopic (exact) mass is 255 g/mol. The van der Waals surface area contributed by atoms with Gasteiger partial charge in [-0.2, -0.15) is 13.2 Å². The van der Waals surface area contributed by atoms with Crippen LogP contribution in [0.3, 0.4) is 0 Å². The smallest absolute Gasteiger partial charge is 0.371 e. The third kappa shape index (κ3) is 2.00. The Bertz CT molecular complexity index is 493. The van der Waals surface area contributed by atoms with Gasteiger partial charge in [-0.05, 0) is 18.6 Å². The fourth-order valence-corrected chi connectivity index (χ4v) is 2.20. The van der Waals surface area contributed by atoms with Crippen LogP contribution in [0, 0.1) is 0 Å². The van der Waals surface area contributed by atoms with Gasteiger partial charge >= 0.3 is 6.18 Å². The van der Waals surface area contributed by atoms with E-state index in [1.165, 1.54) is 37.3 Å². The lowest BCUT2D eigenvalue weighted by molar-refractivity contribution is -0.202. The van der Waals surface area contributed by atoms with E-state index in [4.69, 9.17) is 0 Å². The molecule has 2 rings (SSSR count). The van der Waals surface area contributed by atoms with Crippen molar-refractivity contribution >= 4 is 5.78 Å². The molecule has 1 aromatic carbocycles. The fraction of sp³-hybridized carbons (Fsp3) is 0.308. The predicted octanol–water partition coefficient (Wildman–Crippen LogP) is 2.91. The lowest BCUT2D eigenvalue weighted by Gasteiger charge is -2.39. The van der Waals surface area contributed by atoms with E-state index < -0.39 is 23.9 Å². The van der Waals surface area contributed by atoms with Gasteiger partial charge in [-0.15, -0.1) is 0 Å². The number of carbonyl (C=O) groups is 1. The molecule has 1 atom stereocenters. The van der Waals surface area contributed by atoms with Crippen molar-refractivity contribution in [1.29, 1.82) is 0 Å². The molecule has 0 aromatic heterocycles. The zero-order valence-electron chi connectivity index (χ0n) is 9.71. The number of benzene rings is 1. The number of hydrogen-bond acceptors (Lipinski definition) is 2. The van der Waals surface area contributed by atoms with Gasteiger partial charge in [-0.1, -0.05) is 30.3 Å². The zero-order chi connectivity index (χ0) is 13.4. The lowest BCUT2D eigenvalue weighted by Crippen LogP contribution is -2.56. The first-order chi connectivity index (χ1) is 8.35. The summed E-state index contributed by atoms with van der Waals surface area (Å²) in [5.74, 6) is -0.521. The van der Waals surface area contributed by atoms with Crippen molar-refractivity contribution in [2.45, 2.75) is 25.1 Å². The molecule has 5 heteroatoms. The molecule has 0 saturated heterocycles. The Labute approximate surface area is 102 Å². The third-order valence-electron chi connectivity index (χ3n) is 2.98. The standard InChI is InChI=1S/C13H12F3NO/c1-9-7-11(18)8-12(17-9,13(14,15)16)10-5-3-2-4-6-10/h2-7,17H,8H2,1H3. The number of allylic oxidation sites excluding steroid dienone is 2. The normalized spacial score (nSPS) is 24.4. The Morgan fingerprint density at radius 1 is 1.22 bits per heavy atom. The van der Waals surface area contributed by atoms with Crippen molar-refractivity contribution < 1.29 is 18.0 Å². The highest BCUT2D eigenvalue weighted by atomic mass is 19.4. The van der Waals surface area contributed by atoms with Gasteiger partial charge in [0.05, 0.1) is 0 Å². The summed E-state index contributed by atoms with van der Waals surface area (Å²) in [6.07, 6.45) is -3.95. The Balaban J connectivity index is 2.57. The quantitative estimate of drug-likeness (QED) is 0.836. The molecular formula is C13H12F3NO. The Morgan fingerprint density at radius 2 is 1.83 bits per heavy atom. The first kappa shape index (κ1) is 12.7. The van der Waals surface area contributed by atoms with Crippen molar-refractivity contribution in [3.05, 3.63) is 47.7 Å². The van der Waals surface area contributed by atoms with Crippen LogP contribution in [0.25, 0.3) is 0 Å². The Kier molecular flexibility index (Phi) is 2.92. The minimum atomic E-state index is -4.54. The molecular weight excluding hydrogens is 243 g/mol. The molecule has 1 unspecified atom stereocenters. The summed E-state index contributed by atoms with van der Waals surface area (Å²) in [6, 6.07) is 7.46. The van der Waals surface area contributed by atoms with Crippen LogP contribution in [0.5, 0.6) is 0 Å². The van der Waals surface area contributed by atoms with Crippen LogP contribution < -0.4 is 5.32 Å². The molecule has 0 fully saturated rings. The maximum atomic E-state index is 13.4. The first-order valence-corrected chi connectivity index (χ1v) is 5.47. The fourth-order valence-electron chi connectivity index (χ4n) is 2.20. The number of halogens is 3. The van der Waals surface area contributed by atoms with Crippen LogP contribution in [0.1, 0.15) is 18.9 Å². The van der Waals surface area contributed by atoms with Gasteiger partial charge in [0.15, 0.2) is 11.3 Å². The highest BCUT2D eigenvalue weighted by Crippen LogP contribution is 2.43. The lowest BCUT2D eigenvalue weighted by atomic mass is 9.81. The van der Waals surface area contributed by atoms with Crippen LogP contribution >= 0.6 is 0 Å². The summed E-state index contributed by atoms with van der Waals surface area (Å²) in [5, 5.41) is 2.43. The summed E-state index contributed by atoms with van der Waals surface area (Å²) < 4.78 is 40.2. The van der Waals surface area contributed by atoms with Crippen molar-refractivity contribution in [3.63, 3.8) is 0 Å². The molecule has 1 aliphatic rings. The number of rotatable bonds is 1. The number of ketones is 1. The summed E-state index contributed by atoms with van der Waals surface area (Å²) in [4.78, 5) is 11.5. The average molecular weight is 255 g/mol. The molecule has 0 amide bonds. The van der Waals surface area contributed by atoms with E-state index in [-0.39, 0.29) is 11.3 Å².